The van der Waals surface area contributed by atoms with Gasteiger partial charge in [0.15, 0.2) is 0 Å². The van der Waals surface area contributed by atoms with Crippen LogP contribution in [0.1, 0.15) is 37.3 Å². The number of aryl methyl sites for hydroxylation is 1. The minimum Gasteiger partial charge on any atom is -0.465 e. The number of likely N-dealkylation sites (tertiary alicyclic amines) is 1. The van der Waals surface area contributed by atoms with Gasteiger partial charge in [-0.1, -0.05) is 31.2 Å². The van der Waals surface area contributed by atoms with Gasteiger partial charge in [0.2, 0.25) is 0 Å². The Bertz CT molecular complexity index is 458. The number of nitrogens with zero attached hydrogens (tertiary/aromatic N) is 1. The fourth-order valence-electron chi connectivity index (χ4n) is 3.02. The molecule has 1 aliphatic rings. The van der Waals surface area contributed by atoms with E-state index in [1.54, 1.807) is 0 Å². The maximum absolute atomic E-state index is 11.6. The smallest absolute Gasteiger partial charge is 0.320 e. The zero-order valence-electron chi connectivity index (χ0n) is 13.0. The van der Waals surface area contributed by atoms with Crippen molar-refractivity contribution in [3.63, 3.8) is 0 Å². The van der Waals surface area contributed by atoms with Gasteiger partial charge in [-0.25, -0.2) is 0 Å². The highest BCUT2D eigenvalue weighted by Crippen LogP contribution is 2.26. The number of hydrogen-bond acceptors (Lipinski definition) is 4. The average Bonchev–Trinajstić information content (AvgIpc) is 2.47. The van der Waals surface area contributed by atoms with Gasteiger partial charge in [-0.15, -0.1) is 0 Å². The van der Waals surface area contributed by atoms with Gasteiger partial charge in [0.25, 0.3) is 0 Å². The molecular formula is C17H26N2O2. The summed E-state index contributed by atoms with van der Waals surface area (Å²) >= 11 is 0. The minimum absolute atomic E-state index is 0.115. The largest absolute Gasteiger partial charge is 0.465 e. The molecule has 0 saturated carbocycles. The lowest BCUT2D eigenvalue weighted by molar-refractivity contribution is -0.144. The van der Waals surface area contributed by atoms with Crippen molar-refractivity contribution in [1.82, 2.24) is 4.90 Å². The van der Waals surface area contributed by atoms with Crippen molar-refractivity contribution < 1.29 is 9.53 Å². The molecule has 2 rings (SSSR count). The first-order chi connectivity index (χ1) is 10.1. The minimum atomic E-state index is -0.160. The van der Waals surface area contributed by atoms with E-state index in [1.807, 2.05) is 6.92 Å². The van der Waals surface area contributed by atoms with Crippen LogP contribution in [-0.4, -0.2) is 43.2 Å². The van der Waals surface area contributed by atoms with Crippen LogP contribution >= 0.6 is 0 Å². The molecule has 1 saturated heterocycles. The predicted octanol–water partition coefficient (Wildman–Crippen LogP) is 1.93. The van der Waals surface area contributed by atoms with Gasteiger partial charge in [0, 0.05) is 19.1 Å². The second-order valence-electron chi connectivity index (χ2n) is 5.79. The van der Waals surface area contributed by atoms with Crippen LogP contribution in [0.4, 0.5) is 0 Å². The van der Waals surface area contributed by atoms with Crippen LogP contribution in [-0.2, 0) is 16.0 Å². The second-order valence-corrected chi connectivity index (χ2v) is 5.79. The normalized spacial score (nSPS) is 23.0. The van der Waals surface area contributed by atoms with Gasteiger partial charge < -0.3 is 10.5 Å². The summed E-state index contributed by atoms with van der Waals surface area (Å²) in [6, 6.07) is 8.88. The third-order valence-electron chi connectivity index (χ3n) is 4.08. The maximum Gasteiger partial charge on any atom is 0.320 e. The van der Waals surface area contributed by atoms with E-state index >= 15 is 0 Å². The second kappa shape index (κ2) is 7.57. The van der Waals surface area contributed by atoms with Crippen LogP contribution in [0, 0.1) is 0 Å². The third kappa shape index (κ3) is 4.55. The molecule has 1 fully saturated rings. The van der Waals surface area contributed by atoms with E-state index in [9.17, 15) is 4.79 Å². The summed E-state index contributed by atoms with van der Waals surface area (Å²) in [7, 11) is 0. The SMILES string of the molecule is CCOC(=O)CN1CC(N)CC(c2ccc(CC)cc2)C1. The van der Waals surface area contributed by atoms with Crippen LogP contribution < -0.4 is 5.73 Å². The highest BCUT2D eigenvalue weighted by atomic mass is 16.5. The summed E-state index contributed by atoms with van der Waals surface area (Å²) in [5.74, 6) is 0.237. The Morgan fingerprint density at radius 1 is 1.29 bits per heavy atom. The molecular weight excluding hydrogens is 264 g/mol. The summed E-state index contributed by atoms with van der Waals surface area (Å²) in [6.07, 6.45) is 2.03. The standard InChI is InChI=1S/C17H26N2O2/c1-3-13-5-7-14(8-6-13)15-9-16(18)11-19(10-15)12-17(20)21-4-2/h5-8,15-16H,3-4,9-12,18H2,1-2H3. The topological polar surface area (TPSA) is 55.6 Å². The summed E-state index contributed by atoms with van der Waals surface area (Å²) in [5, 5.41) is 0. The molecule has 1 heterocycles. The van der Waals surface area contributed by atoms with E-state index in [0.717, 1.165) is 25.9 Å². The van der Waals surface area contributed by atoms with Gasteiger partial charge >= 0.3 is 5.97 Å². The van der Waals surface area contributed by atoms with Crippen LogP contribution in [0.25, 0.3) is 0 Å². The highest BCUT2D eigenvalue weighted by molar-refractivity contribution is 5.71. The monoisotopic (exact) mass is 290 g/mol. The molecule has 0 aromatic heterocycles. The first-order valence-corrected chi connectivity index (χ1v) is 7.84. The van der Waals surface area contributed by atoms with Crippen molar-refractivity contribution in [2.24, 2.45) is 5.73 Å². The number of carbonyl (C=O) groups is 1. The summed E-state index contributed by atoms with van der Waals surface area (Å²) < 4.78 is 5.03. The van der Waals surface area contributed by atoms with Crippen molar-refractivity contribution in [3.8, 4) is 0 Å². The van der Waals surface area contributed by atoms with Crippen molar-refractivity contribution in [2.75, 3.05) is 26.2 Å². The lowest BCUT2D eigenvalue weighted by atomic mass is 9.88. The van der Waals surface area contributed by atoms with E-state index in [1.165, 1.54) is 11.1 Å². The molecule has 4 heteroatoms. The van der Waals surface area contributed by atoms with Gasteiger partial charge in [0.1, 0.15) is 0 Å². The Balaban J connectivity index is 2.00. The molecule has 21 heavy (non-hydrogen) atoms. The first-order valence-electron chi connectivity index (χ1n) is 7.84. The van der Waals surface area contributed by atoms with Gasteiger partial charge in [0.05, 0.1) is 13.2 Å². The molecule has 116 valence electrons. The number of ether oxygens (including phenoxy) is 1. The molecule has 0 radical (unpaired) electrons. The van der Waals surface area contributed by atoms with Crippen LogP contribution in [0.15, 0.2) is 24.3 Å². The molecule has 1 aromatic carbocycles. The first kappa shape index (κ1) is 16.0. The van der Waals surface area contributed by atoms with Crippen LogP contribution in [0.5, 0.6) is 0 Å². The fourth-order valence-corrected chi connectivity index (χ4v) is 3.02. The zero-order valence-corrected chi connectivity index (χ0v) is 13.0. The summed E-state index contributed by atoms with van der Waals surface area (Å²) in [6.45, 7) is 6.40. The van der Waals surface area contributed by atoms with Crippen LogP contribution in [0.3, 0.4) is 0 Å². The Hall–Kier alpha value is -1.39. The quantitative estimate of drug-likeness (QED) is 0.842. The van der Waals surface area contributed by atoms with E-state index in [2.05, 4.69) is 36.1 Å². The summed E-state index contributed by atoms with van der Waals surface area (Å²) in [5.41, 5.74) is 8.83. The number of hydrogen-bond donors (Lipinski definition) is 1. The van der Waals surface area contributed by atoms with E-state index in [0.29, 0.717) is 19.1 Å². The van der Waals surface area contributed by atoms with E-state index in [4.69, 9.17) is 10.5 Å². The lowest BCUT2D eigenvalue weighted by Gasteiger charge is -2.36. The molecule has 1 aromatic rings. The van der Waals surface area contributed by atoms with Crippen molar-refractivity contribution in [3.05, 3.63) is 35.4 Å². The zero-order chi connectivity index (χ0) is 15.2. The molecule has 4 nitrogen and oxygen atoms in total. The molecule has 0 amide bonds. The van der Waals surface area contributed by atoms with Gasteiger partial charge in [-0.05, 0) is 36.8 Å². The Morgan fingerprint density at radius 3 is 2.62 bits per heavy atom. The number of piperidine rings is 1. The number of benzene rings is 1. The van der Waals surface area contributed by atoms with E-state index < -0.39 is 0 Å². The van der Waals surface area contributed by atoms with Crippen molar-refractivity contribution >= 4 is 5.97 Å². The fraction of sp³-hybridized carbons (Fsp3) is 0.588. The molecule has 0 aliphatic carbocycles. The molecule has 1 aliphatic heterocycles. The average molecular weight is 290 g/mol. The Kier molecular flexibility index (Phi) is 5.76. The van der Waals surface area contributed by atoms with Crippen molar-refractivity contribution in [1.29, 1.82) is 0 Å². The number of nitrogens with two attached hydrogens (primary N) is 1. The van der Waals surface area contributed by atoms with Crippen molar-refractivity contribution in [2.45, 2.75) is 38.6 Å². The highest BCUT2D eigenvalue weighted by Gasteiger charge is 2.27. The molecule has 2 atom stereocenters. The van der Waals surface area contributed by atoms with Crippen LogP contribution in [0.2, 0.25) is 0 Å². The predicted molar refractivity (Wildman–Crippen MR) is 84.2 cm³/mol. The molecule has 2 unspecified atom stereocenters. The van der Waals surface area contributed by atoms with E-state index in [-0.39, 0.29) is 12.0 Å². The number of esters is 1. The molecule has 2 N–H and O–H groups in total. The van der Waals surface area contributed by atoms with Gasteiger partial charge in [-0.2, -0.15) is 0 Å². The lowest BCUT2D eigenvalue weighted by Crippen LogP contribution is -2.48. The number of carbonyl (C=O) groups excluding carboxylic acids is 1. The third-order valence-corrected chi connectivity index (χ3v) is 4.08. The summed E-state index contributed by atoms with van der Waals surface area (Å²) in [4.78, 5) is 13.8. The molecule has 0 spiro atoms. The Morgan fingerprint density at radius 2 is 2.00 bits per heavy atom. The Labute approximate surface area is 127 Å². The maximum atomic E-state index is 11.6. The number of rotatable bonds is 5. The van der Waals surface area contributed by atoms with Gasteiger partial charge in [-0.3, -0.25) is 9.69 Å². The molecule has 0 bridgehead atoms.